The van der Waals surface area contributed by atoms with E-state index >= 15 is 0 Å². The van der Waals surface area contributed by atoms with Crippen LogP contribution in [0.3, 0.4) is 0 Å². The molecular formula is C24H32FNO2S. The lowest BCUT2D eigenvalue weighted by Gasteiger charge is -2.41. The van der Waals surface area contributed by atoms with Crippen LogP contribution in [0.4, 0.5) is 4.39 Å². The third kappa shape index (κ3) is 6.73. The second-order valence-electron chi connectivity index (χ2n) is 7.91. The Kier molecular flexibility index (Phi) is 8.40. The lowest BCUT2D eigenvalue weighted by atomic mass is 9.92. The van der Waals surface area contributed by atoms with Crippen molar-refractivity contribution in [3.8, 4) is 0 Å². The fraction of sp³-hybridized carbons (Fsp3) is 0.500. The van der Waals surface area contributed by atoms with Crippen molar-refractivity contribution < 1.29 is 13.3 Å². The zero-order valence-corrected chi connectivity index (χ0v) is 18.1. The summed E-state index contributed by atoms with van der Waals surface area (Å²) in [6.45, 7) is 5.81. The highest BCUT2D eigenvalue weighted by Gasteiger charge is 2.37. The minimum atomic E-state index is -1.19. The number of hydrogen-bond acceptors (Lipinski definition) is 3. The lowest BCUT2D eigenvalue weighted by molar-refractivity contribution is -0.0685. The van der Waals surface area contributed by atoms with Gasteiger partial charge in [0.2, 0.25) is 0 Å². The Morgan fingerprint density at radius 1 is 1.07 bits per heavy atom. The molecule has 2 aromatic carbocycles. The molecule has 0 radical (unpaired) electrons. The molecule has 2 aromatic rings. The predicted molar refractivity (Wildman–Crippen MR) is 117 cm³/mol. The molecule has 1 heterocycles. The van der Waals surface area contributed by atoms with Gasteiger partial charge in [0.25, 0.3) is 0 Å². The minimum absolute atomic E-state index is 0.300. The SMILES string of the molecule is CCCCOC1(CS(=O)c2ccc(F)cc2)CCN(CCc2ccccc2)CC1. The monoisotopic (exact) mass is 417 g/mol. The van der Waals surface area contributed by atoms with Crippen molar-refractivity contribution in [2.24, 2.45) is 0 Å². The van der Waals surface area contributed by atoms with Crippen LogP contribution in [0.5, 0.6) is 0 Å². The maximum atomic E-state index is 13.2. The fourth-order valence-corrected chi connectivity index (χ4v) is 5.24. The number of ether oxygens (including phenoxy) is 1. The quantitative estimate of drug-likeness (QED) is 0.519. The van der Waals surface area contributed by atoms with E-state index in [0.717, 1.165) is 51.7 Å². The molecule has 0 bridgehead atoms. The first-order valence-electron chi connectivity index (χ1n) is 10.6. The number of nitrogens with zero attached hydrogens (tertiary/aromatic N) is 1. The first-order chi connectivity index (χ1) is 14.1. The van der Waals surface area contributed by atoms with E-state index in [0.29, 0.717) is 17.3 Å². The summed E-state index contributed by atoms with van der Waals surface area (Å²) < 4.78 is 32.5. The van der Waals surface area contributed by atoms with Gasteiger partial charge in [0, 0.05) is 31.1 Å². The Morgan fingerprint density at radius 3 is 2.41 bits per heavy atom. The van der Waals surface area contributed by atoms with Crippen molar-refractivity contribution >= 4 is 10.8 Å². The predicted octanol–water partition coefficient (Wildman–Crippen LogP) is 4.83. The molecule has 0 amide bonds. The number of hydrogen-bond donors (Lipinski definition) is 0. The van der Waals surface area contributed by atoms with Gasteiger partial charge < -0.3 is 9.64 Å². The van der Waals surface area contributed by atoms with E-state index in [9.17, 15) is 8.60 Å². The molecule has 1 aliphatic rings. The van der Waals surface area contributed by atoms with E-state index in [1.807, 2.05) is 6.07 Å². The highest BCUT2D eigenvalue weighted by atomic mass is 32.2. The second kappa shape index (κ2) is 11.0. The van der Waals surface area contributed by atoms with E-state index in [1.54, 1.807) is 12.1 Å². The van der Waals surface area contributed by atoms with Crippen LogP contribution >= 0.6 is 0 Å². The van der Waals surface area contributed by atoms with Crippen LogP contribution in [-0.2, 0) is 22.0 Å². The molecule has 0 spiro atoms. The van der Waals surface area contributed by atoms with E-state index in [-0.39, 0.29) is 11.4 Å². The van der Waals surface area contributed by atoms with Crippen LogP contribution in [-0.4, -0.2) is 46.7 Å². The van der Waals surface area contributed by atoms with Crippen molar-refractivity contribution in [1.29, 1.82) is 0 Å². The maximum absolute atomic E-state index is 13.2. The summed E-state index contributed by atoms with van der Waals surface area (Å²) >= 11 is 0. The number of piperidine rings is 1. The van der Waals surface area contributed by atoms with Gasteiger partial charge in [-0.25, -0.2) is 4.39 Å². The standard InChI is InChI=1S/C24H32FNO2S/c1-2-3-19-28-24(20-29(27)23-11-9-22(25)10-12-23)14-17-26(18-15-24)16-13-21-7-5-4-6-8-21/h4-12H,2-3,13-20H2,1H3. The average molecular weight is 418 g/mol. The number of benzene rings is 2. The number of rotatable bonds is 10. The first kappa shape index (κ1) is 22.1. The molecule has 158 valence electrons. The fourth-order valence-electron chi connectivity index (χ4n) is 3.79. The number of unbranched alkanes of at least 4 members (excludes halogenated alkanes) is 1. The molecular weight excluding hydrogens is 385 g/mol. The van der Waals surface area contributed by atoms with Gasteiger partial charge in [0.15, 0.2) is 0 Å². The Morgan fingerprint density at radius 2 is 1.76 bits per heavy atom. The van der Waals surface area contributed by atoms with Crippen molar-refractivity contribution in [1.82, 2.24) is 4.90 Å². The van der Waals surface area contributed by atoms with Crippen molar-refractivity contribution in [3.05, 3.63) is 66.0 Å². The Balaban J connectivity index is 1.58. The molecule has 3 rings (SSSR count). The van der Waals surface area contributed by atoms with Crippen LogP contribution < -0.4 is 0 Å². The van der Waals surface area contributed by atoms with Crippen LogP contribution in [0.15, 0.2) is 59.5 Å². The van der Waals surface area contributed by atoms with E-state index in [4.69, 9.17) is 4.74 Å². The Hall–Kier alpha value is -1.56. The molecule has 1 unspecified atom stereocenters. The lowest BCUT2D eigenvalue weighted by Crippen LogP contribution is -2.49. The summed E-state index contributed by atoms with van der Waals surface area (Å²) in [5, 5.41) is 0. The summed E-state index contributed by atoms with van der Waals surface area (Å²) in [5.74, 6) is 0.181. The van der Waals surface area contributed by atoms with E-state index in [2.05, 4.69) is 36.1 Å². The summed E-state index contributed by atoms with van der Waals surface area (Å²) in [6, 6.07) is 16.6. The molecule has 0 N–H and O–H groups in total. The highest BCUT2D eigenvalue weighted by molar-refractivity contribution is 7.85. The zero-order valence-electron chi connectivity index (χ0n) is 17.3. The summed E-state index contributed by atoms with van der Waals surface area (Å²) in [7, 11) is -1.19. The molecule has 3 nitrogen and oxygen atoms in total. The molecule has 1 fully saturated rings. The van der Waals surface area contributed by atoms with Gasteiger partial charge in [-0.2, -0.15) is 0 Å². The largest absolute Gasteiger partial charge is 0.374 e. The summed E-state index contributed by atoms with van der Waals surface area (Å²) in [6.07, 6.45) is 4.92. The van der Waals surface area contributed by atoms with E-state index < -0.39 is 10.8 Å². The van der Waals surface area contributed by atoms with Gasteiger partial charge in [0.1, 0.15) is 5.82 Å². The molecule has 0 aromatic heterocycles. The van der Waals surface area contributed by atoms with Gasteiger partial charge in [-0.1, -0.05) is 43.7 Å². The molecule has 0 aliphatic carbocycles. The Labute approximate surface area is 176 Å². The molecule has 1 saturated heterocycles. The molecule has 1 atom stereocenters. The van der Waals surface area contributed by atoms with Crippen molar-refractivity contribution in [2.45, 2.75) is 49.5 Å². The topological polar surface area (TPSA) is 29.5 Å². The van der Waals surface area contributed by atoms with Gasteiger partial charge in [-0.3, -0.25) is 4.21 Å². The van der Waals surface area contributed by atoms with E-state index in [1.165, 1.54) is 17.7 Å². The second-order valence-corrected chi connectivity index (χ2v) is 9.36. The summed E-state index contributed by atoms with van der Waals surface area (Å²) in [5.41, 5.74) is 1.01. The van der Waals surface area contributed by atoms with Gasteiger partial charge in [-0.05, 0) is 55.5 Å². The van der Waals surface area contributed by atoms with Crippen LogP contribution in [0.2, 0.25) is 0 Å². The highest BCUT2D eigenvalue weighted by Crippen LogP contribution is 2.30. The van der Waals surface area contributed by atoms with Crippen LogP contribution in [0.25, 0.3) is 0 Å². The van der Waals surface area contributed by atoms with Crippen molar-refractivity contribution in [3.63, 3.8) is 0 Å². The smallest absolute Gasteiger partial charge is 0.123 e. The van der Waals surface area contributed by atoms with Gasteiger partial charge in [0.05, 0.1) is 22.2 Å². The Bertz CT molecular complexity index is 758. The van der Waals surface area contributed by atoms with Gasteiger partial charge in [-0.15, -0.1) is 0 Å². The zero-order chi connectivity index (χ0) is 20.5. The van der Waals surface area contributed by atoms with Crippen LogP contribution in [0, 0.1) is 5.82 Å². The normalized spacial score (nSPS) is 17.9. The first-order valence-corrected chi connectivity index (χ1v) is 12.0. The van der Waals surface area contributed by atoms with Crippen LogP contribution in [0.1, 0.15) is 38.2 Å². The van der Waals surface area contributed by atoms with Gasteiger partial charge >= 0.3 is 0 Å². The summed E-state index contributed by atoms with van der Waals surface area (Å²) in [4.78, 5) is 3.16. The average Bonchev–Trinajstić information content (AvgIpc) is 2.75. The number of halogens is 1. The molecule has 1 aliphatic heterocycles. The molecule has 5 heteroatoms. The third-order valence-corrected chi connectivity index (χ3v) is 7.29. The minimum Gasteiger partial charge on any atom is -0.374 e. The number of likely N-dealkylation sites (tertiary alicyclic amines) is 1. The maximum Gasteiger partial charge on any atom is 0.123 e. The van der Waals surface area contributed by atoms with Crippen molar-refractivity contribution in [2.75, 3.05) is 32.0 Å². The third-order valence-electron chi connectivity index (χ3n) is 5.70. The molecule has 29 heavy (non-hydrogen) atoms. The molecule has 0 saturated carbocycles.